The van der Waals surface area contributed by atoms with E-state index in [0.717, 1.165) is 37.5 Å². The normalized spacial score (nSPS) is 15.8. The fourth-order valence-corrected chi connectivity index (χ4v) is 10.8. The SMILES string of the molecule is CC(C)(C)[Si](OCCCCn1c(CN2C=CN(C3CC3)C2)nc2cc(F)cnc21)(c1ccccc1)c1ccccc1. The molecule has 1 saturated carbocycles. The van der Waals surface area contributed by atoms with E-state index in [-0.39, 0.29) is 10.9 Å². The van der Waals surface area contributed by atoms with E-state index in [4.69, 9.17) is 9.41 Å². The lowest BCUT2D eigenvalue weighted by atomic mass is 10.2. The molecule has 1 fully saturated rings. The predicted octanol–water partition coefficient (Wildman–Crippen LogP) is 5.64. The van der Waals surface area contributed by atoms with Gasteiger partial charge in [0.15, 0.2) is 5.65 Å². The molecule has 6 rings (SSSR count). The number of rotatable bonds is 11. The minimum Gasteiger partial charge on any atom is -0.407 e. The maximum Gasteiger partial charge on any atom is 0.261 e. The largest absolute Gasteiger partial charge is 0.407 e. The summed E-state index contributed by atoms with van der Waals surface area (Å²) < 4.78 is 23.3. The van der Waals surface area contributed by atoms with Crippen molar-refractivity contribution >= 4 is 29.9 Å². The van der Waals surface area contributed by atoms with Crippen LogP contribution in [0.25, 0.3) is 11.2 Å². The number of benzene rings is 2. The topological polar surface area (TPSA) is 46.4 Å². The summed E-state index contributed by atoms with van der Waals surface area (Å²) in [6.07, 6.45) is 9.99. The number of unbranched alkanes of at least 4 members (excludes halogenated alkanes) is 1. The highest BCUT2D eigenvalue weighted by molar-refractivity contribution is 6.99. The number of hydrogen-bond acceptors (Lipinski definition) is 5. The summed E-state index contributed by atoms with van der Waals surface area (Å²) in [5.74, 6) is 0.571. The number of imidazole rings is 1. The molecule has 1 aliphatic carbocycles. The summed E-state index contributed by atoms with van der Waals surface area (Å²) in [6.45, 7) is 9.92. The van der Waals surface area contributed by atoms with Crippen LogP contribution in [0.2, 0.25) is 5.04 Å². The number of nitrogens with zero attached hydrogens (tertiary/aromatic N) is 5. The highest BCUT2D eigenvalue weighted by Crippen LogP contribution is 2.37. The van der Waals surface area contributed by atoms with Gasteiger partial charge in [0.25, 0.3) is 8.32 Å². The van der Waals surface area contributed by atoms with Gasteiger partial charge in [-0.2, -0.15) is 0 Å². The zero-order valence-electron chi connectivity index (χ0n) is 24.3. The number of halogens is 1. The first kappa shape index (κ1) is 27.7. The summed E-state index contributed by atoms with van der Waals surface area (Å²) in [6, 6.07) is 23.7. The minimum absolute atomic E-state index is 0.0466. The van der Waals surface area contributed by atoms with Gasteiger partial charge in [0, 0.05) is 37.7 Å². The van der Waals surface area contributed by atoms with Gasteiger partial charge in [-0.1, -0.05) is 81.4 Å². The van der Waals surface area contributed by atoms with Gasteiger partial charge < -0.3 is 18.8 Å². The highest BCUT2D eigenvalue weighted by atomic mass is 28.4. The summed E-state index contributed by atoms with van der Waals surface area (Å²) in [7, 11) is -2.55. The minimum atomic E-state index is -2.55. The van der Waals surface area contributed by atoms with Crippen LogP contribution in [0.1, 0.15) is 52.3 Å². The molecule has 41 heavy (non-hydrogen) atoms. The van der Waals surface area contributed by atoms with Crippen LogP contribution >= 0.6 is 0 Å². The molecule has 0 saturated heterocycles. The maximum atomic E-state index is 14.0. The van der Waals surface area contributed by atoms with Crippen LogP contribution in [0.5, 0.6) is 0 Å². The lowest BCUT2D eigenvalue weighted by Crippen LogP contribution is -2.66. The van der Waals surface area contributed by atoms with Crippen molar-refractivity contribution in [3.05, 3.63) is 97.0 Å². The van der Waals surface area contributed by atoms with Crippen LogP contribution in [-0.2, 0) is 17.5 Å². The van der Waals surface area contributed by atoms with E-state index in [2.05, 4.69) is 113 Å². The molecule has 214 valence electrons. The van der Waals surface area contributed by atoms with E-state index in [1.807, 2.05) is 0 Å². The van der Waals surface area contributed by atoms with Crippen molar-refractivity contribution in [2.24, 2.45) is 0 Å². The van der Waals surface area contributed by atoms with Crippen LogP contribution in [0, 0.1) is 5.82 Å². The van der Waals surface area contributed by atoms with E-state index in [1.165, 1.54) is 35.5 Å². The van der Waals surface area contributed by atoms with Gasteiger partial charge in [0.05, 0.1) is 19.4 Å². The first-order valence-electron chi connectivity index (χ1n) is 14.8. The van der Waals surface area contributed by atoms with Crippen molar-refractivity contribution in [3.63, 3.8) is 0 Å². The van der Waals surface area contributed by atoms with Crippen molar-refractivity contribution in [3.8, 4) is 0 Å². The smallest absolute Gasteiger partial charge is 0.261 e. The van der Waals surface area contributed by atoms with Gasteiger partial charge in [-0.25, -0.2) is 14.4 Å². The Kier molecular flexibility index (Phi) is 7.70. The Labute approximate surface area is 243 Å². The van der Waals surface area contributed by atoms with Gasteiger partial charge in [0.2, 0.25) is 0 Å². The Bertz CT molecular complexity index is 1460. The lowest BCUT2D eigenvalue weighted by Gasteiger charge is -2.43. The molecule has 0 bridgehead atoms. The number of pyridine rings is 1. The van der Waals surface area contributed by atoms with Gasteiger partial charge in [-0.3, -0.25) is 0 Å². The fourth-order valence-electron chi connectivity index (χ4n) is 6.16. The molecule has 2 aliphatic rings. The van der Waals surface area contributed by atoms with Gasteiger partial charge >= 0.3 is 0 Å². The lowest BCUT2D eigenvalue weighted by molar-refractivity contribution is 0.247. The molecule has 8 heteroatoms. The molecule has 0 atom stereocenters. The molecule has 6 nitrogen and oxygen atoms in total. The average molecular weight is 570 g/mol. The second-order valence-corrected chi connectivity index (χ2v) is 16.6. The van der Waals surface area contributed by atoms with E-state index < -0.39 is 8.32 Å². The molecule has 4 aromatic rings. The number of fused-ring (bicyclic) bond motifs is 1. The van der Waals surface area contributed by atoms with Gasteiger partial charge in [-0.15, -0.1) is 0 Å². The van der Waals surface area contributed by atoms with Crippen molar-refractivity contribution in [2.75, 3.05) is 13.3 Å². The molecular weight excluding hydrogens is 529 g/mol. The fraction of sp³-hybridized carbons (Fsp3) is 0.394. The zero-order valence-corrected chi connectivity index (χ0v) is 25.3. The van der Waals surface area contributed by atoms with Crippen molar-refractivity contribution < 1.29 is 8.82 Å². The molecule has 0 N–H and O–H groups in total. The van der Waals surface area contributed by atoms with Crippen molar-refractivity contribution in [2.45, 2.75) is 70.6 Å². The van der Waals surface area contributed by atoms with Gasteiger partial charge in [-0.05, 0) is 41.1 Å². The van der Waals surface area contributed by atoms with Crippen molar-refractivity contribution in [1.29, 1.82) is 0 Å². The molecule has 2 aromatic heterocycles. The molecule has 0 unspecified atom stereocenters. The molecular formula is C33H40FN5OSi. The first-order valence-corrected chi connectivity index (χ1v) is 16.7. The van der Waals surface area contributed by atoms with E-state index in [0.29, 0.717) is 24.7 Å². The third-order valence-corrected chi connectivity index (χ3v) is 13.4. The first-order chi connectivity index (χ1) is 19.8. The average Bonchev–Trinajstić information content (AvgIpc) is 3.62. The van der Waals surface area contributed by atoms with Crippen LogP contribution in [0.15, 0.2) is 85.3 Å². The van der Waals surface area contributed by atoms with Crippen molar-refractivity contribution in [1.82, 2.24) is 24.3 Å². The molecule has 0 spiro atoms. The standard InChI is InChI=1S/C33H40FN5OSi/c1-33(2,3)41(28-12-6-4-7-13-28,29-14-8-5-9-15-29)40-21-11-10-18-39-31(36-30-22-26(34)23-35-32(30)39)24-37-19-20-38(25-37)27-16-17-27/h4-9,12-15,19-20,22-23,27H,10-11,16-18,21,24-25H2,1-3H3. The van der Waals surface area contributed by atoms with Crippen LogP contribution < -0.4 is 10.4 Å². The van der Waals surface area contributed by atoms with E-state index in [9.17, 15) is 4.39 Å². The van der Waals surface area contributed by atoms with E-state index in [1.54, 1.807) is 0 Å². The summed E-state index contributed by atoms with van der Waals surface area (Å²) >= 11 is 0. The van der Waals surface area contributed by atoms with E-state index >= 15 is 0 Å². The molecule has 3 heterocycles. The maximum absolute atomic E-state index is 14.0. The van der Waals surface area contributed by atoms with Gasteiger partial charge in [0.1, 0.15) is 17.2 Å². The zero-order chi connectivity index (χ0) is 28.5. The number of aromatic nitrogens is 3. The Morgan fingerprint density at radius 1 is 0.951 bits per heavy atom. The Balaban J connectivity index is 1.18. The van der Waals surface area contributed by atoms with Crippen LogP contribution in [-0.4, -0.2) is 52.0 Å². The van der Waals surface area contributed by atoms with Crippen LogP contribution in [0.4, 0.5) is 4.39 Å². The third kappa shape index (κ3) is 5.68. The monoisotopic (exact) mass is 569 g/mol. The Hall–Kier alpha value is -3.49. The quantitative estimate of drug-likeness (QED) is 0.173. The number of hydrogen-bond donors (Lipinski definition) is 0. The second kappa shape index (κ2) is 11.4. The highest BCUT2D eigenvalue weighted by Gasteiger charge is 2.49. The molecule has 2 aromatic carbocycles. The molecule has 0 radical (unpaired) electrons. The third-order valence-electron chi connectivity index (χ3n) is 8.32. The second-order valence-electron chi connectivity index (χ2n) is 12.3. The summed E-state index contributed by atoms with van der Waals surface area (Å²) in [5, 5.41) is 2.55. The van der Waals surface area contributed by atoms with Crippen LogP contribution in [0.3, 0.4) is 0 Å². The number of aryl methyl sites for hydroxylation is 1. The summed E-state index contributed by atoms with van der Waals surface area (Å²) in [5.41, 5.74) is 1.36. The Morgan fingerprint density at radius 2 is 1.63 bits per heavy atom. The Morgan fingerprint density at radius 3 is 2.27 bits per heavy atom. The molecule has 0 amide bonds. The molecule has 1 aliphatic heterocycles. The predicted molar refractivity (Wildman–Crippen MR) is 165 cm³/mol. The summed E-state index contributed by atoms with van der Waals surface area (Å²) in [4.78, 5) is 13.9.